The van der Waals surface area contributed by atoms with Gasteiger partial charge in [-0.3, -0.25) is 4.55 Å². The smallest absolute Gasteiger partial charge is 0.273 e. The van der Waals surface area contributed by atoms with Crippen LogP contribution in [0.25, 0.3) is 0 Å². The minimum atomic E-state index is -4.20. The van der Waals surface area contributed by atoms with E-state index < -0.39 is 15.4 Å². The molecule has 0 amide bonds. The molecule has 0 aliphatic carbocycles. The highest BCUT2D eigenvalue weighted by Crippen LogP contribution is 2.24. The van der Waals surface area contributed by atoms with Crippen molar-refractivity contribution in [3.63, 3.8) is 0 Å². The van der Waals surface area contributed by atoms with Crippen LogP contribution in [0.15, 0.2) is 30.3 Å². The predicted octanol–water partition coefficient (Wildman–Crippen LogP) is 1.53. The predicted molar refractivity (Wildman–Crippen MR) is 51.0 cm³/mol. The summed E-state index contributed by atoms with van der Waals surface area (Å²) in [5.41, 5.74) is 0.427. The number of hydrogen-bond donors (Lipinski definition) is 1. The third-order valence-corrected chi connectivity index (χ3v) is 2.97. The number of rotatable bonds is 3. The lowest BCUT2D eigenvalue weighted by atomic mass is 10.1. The Labute approximate surface area is 82.5 Å². The molecule has 0 spiro atoms. The maximum atomic E-state index is 10.9. The van der Waals surface area contributed by atoms with E-state index in [1.165, 1.54) is 0 Å². The van der Waals surface area contributed by atoms with E-state index >= 15 is 0 Å². The Balaban J connectivity index is 3.09. The van der Waals surface area contributed by atoms with Crippen LogP contribution in [-0.4, -0.2) is 13.0 Å². The van der Waals surface area contributed by atoms with Crippen LogP contribution in [0.4, 0.5) is 0 Å². The molecule has 4 nitrogen and oxygen atoms in total. The summed E-state index contributed by atoms with van der Waals surface area (Å²) in [6.45, 7) is 0. The Bertz CT molecular complexity index is 433. The van der Waals surface area contributed by atoms with E-state index in [1.54, 1.807) is 36.4 Å². The van der Waals surface area contributed by atoms with Gasteiger partial charge in [0.25, 0.3) is 10.1 Å². The fraction of sp³-hybridized carbons (Fsp3) is 0.222. The Morgan fingerprint density at radius 1 is 1.36 bits per heavy atom. The summed E-state index contributed by atoms with van der Waals surface area (Å²) in [7, 11) is -4.20. The number of benzene rings is 1. The Hall–Kier alpha value is -1.38. The van der Waals surface area contributed by atoms with Crippen LogP contribution < -0.4 is 0 Å². The van der Waals surface area contributed by atoms with Gasteiger partial charge in [-0.1, -0.05) is 30.3 Å². The lowest BCUT2D eigenvalue weighted by molar-refractivity contribution is 0.469. The van der Waals surface area contributed by atoms with E-state index in [9.17, 15) is 8.42 Å². The van der Waals surface area contributed by atoms with Crippen LogP contribution in [0.1, 0.15) is 17.2 Å². The fourth-order valence-corrected chi connectivity index (χ4v) is 1.93. The molecular weight excluding hydrogens is 202 g/mol. The highest BCUT2D eigenvalue weighted by atomic mass is 32.2. The molecular formula is C9H9NO3S. The first kappa shape index (κ1) is 10.7. The van der Waals surface area contributed by atoms with E-state index in [4.69, 9.17) is 9.81 Å². The second-order valence-electron chi connectivity index (χ2n) is 2.78. The molecule has 1 rings (SSSR count). The summed E-state index contributed by atoms with van der Waals surface area (Å²) in [6.07, 6.45) is -0.247. The van der Waals surface area contributed by atoms with Crippen LogP contribution >= 0.6 is 0 Å². The molecule has 0 aliphatic rings. The average Bonchev–Trinajstić information content (AvgIpc) is 2.14. The molecule has 0 saturated carbocycles. The zero-order chi connectivity index (χ0) is 10.6. The van der Waals surface area contributed by atoms with E-state index in [0.717, 1.165) is 0 Å². The molecule has 5 heteroatoms. The number of nitrogens with zero attached hydrogens (tertiary/aromatic N) is 1. The standard InChI is InChI=1S/C9H9NO3S/c10-7-6-9(14(11,12)13)8-4-2-1-3-5-8/h1-5,9H,6H2,(H,11,12,13). The molecule has 1 unspecified atom stereocenters. The second kappa shape index (κ2) is 4.22. The molecule has 1 N–H and O–H groups in total. The largest absolute Gasteiger partial charge is 0.285 e. The lowest BCUT2D eigenvalue weighted by Gasteiger charge is -2.09. The fourth-order valence-electron chi connectivity index (χ4n) is 1.15. The van der Waals surface area contributed by atoms with Gasteiger partial charge < -0.3 is 0 Å². The molecule has 0 radical (unpaired) electrons. The van der Waals surface area contributed by atoms with E-state index in [1.807, 2.05) is 0 Å². The molecule has 0 heterocycles. The van der Waals surface area contributed by atoms with E-state index in [-0.39, 0.29) is 6.42 Å². The summed E-state index contributed by atoms with van der Waals surface area (Å²) in [5, 5.41) is 7.29. The van der Waals surface area contributed by atoms with Crippen LogP contribution in [0.2, 0.25) is 0 Å². The Morgan fingerprint density at radius 2 is 1.93 bits per heavy atom. The summed E-state index contributed by atoms with van der Waals surface area (Å²) >= 11 is 0. The molecule has 0 bridgehead atoms. The third kappa shape index (κ3) is 2.55. The topological polar surface area (TPSA) is 78.2 Å². The number of nitriles is 1. The summed E-state index contributed by atoms with van der Waals surface area (Å²) in [5.74, 6) is 0. The van der Waals surface area contributed by atoms with Gasteiger partial charge in [-0.25, -0.2) is 0 Å². The van der Waals surface area contributed by atoms with Crippen molar-refractivity contribution >= 4 is 10.1 Å². The molecule has 1 atom stereocenters. The minimum Gasteiger partial charge on any atom is -0.285 e. The van der Waals surface area contributed by atoms with Gasteiger partial charge in [0.1, 0.15) is 5.25 Å². The highest BCUT2D eigenvalue weighted by Gasteiger charge is 2.24. The van der Waals surface area contributed by atoms with Crippen molar-refractivity contribution in [1.29, 1.82) is 5.26 Å². The van der Waals surface area contributed by atoms with Gasteiger partial charge in [-0.15, -0.1) is 0 Å². The monoisotopic (exact) mass is 211 g/mol. The van der Waals surface area contributed by atoms with Crippen molar-refractivity contribution in [3.8, 4) is 6.07 Å². The van der Waals surface area contributed by atoms with Gasteiger partial charge in [0.05, 0.1) is 12.5 Å². The van der Waals surface area contributed by atoms with E-state index in [2.05, 4.69) is 0 Å². The molecule has 0 aromatic heterocycles. The molecule has 1 aromatic rings. The van der Waals surface area contributed by atoms with Crippen LogP contribution in [0.5, 0.6) is 0 Å². The van der Waals surface area contributed by atoms with Gasteiger partial charge in [0, 0.05) is 0 Å². The summed E-state index contributed by atoms with van der Waals surface area (Å²) < 4.78 is 30.7. The average molecular weight is 211 g/mol. The van der Waals surface area contributed by atoms with Crippen LogP contribution in [0, 0.1) is 11.3 Å². The Kier molecular flexibility index (Phi) is 3.23. The molecule has 0 saturated heterocycles. The normalized spacial score (nSPS) is 13.1. The van der Waals surface area contributed by atoms with Crippen LogP contribution in [-0.2, 0) is 10.1 Å². The van der Waals surface area contributed by atoms with Gasteiger partial charge in [-0.05, 0) is 5.56 Å². The van der Waals surface area contributed by atoms with Gasteiger partial charge in [0.2, 0.25) is 0 Å². The number of hydrogen-bond acceptors (Lipinski definition) is 3. The second-order valence-corrected chi connectivity index (χ2v) is 4.38. The zero-order valence-electron chi connectivity index (χ0n) is 7.29. The maximum absolute atomic E-state index is 10.9. The SMILES string of the molecule is N#CCC(c1ccccc1)S(=O)(=O)O. The van der Waals surface area contributed by atoms with Gasteiger partial charge >= 0.3 is 0 Å². The minimum absolute atomic E-state index is 0.247. The lowest BCUT2D eigenvalue weighted by Crippen LogP contribution is -2.11. The first-order valence-corrected chi connectivity index (χ1v) is 5.44. The van der Waals surface area contributed by atoms with Crippen molar-refractivity contribution in [2.75, 3.05) is 0 Å². The zero-order valence-corrected chi connectivity index (χ0v) is 8.11. The molecule has 74 valence electrons. The highest BCUT2D eigenvalue weighted by molar-refractivity contribution is 7.86. The first-order chi connectivity index (χ1) is 6.55. The van der Waals surface area contributed by atoms with Gasteiger partial charge in [-0.2, -0.15) is 13.7 Å². The van der Waals surface area contributed by atoms with Crippen LogP contribution in [0.3, 0.4) is 0 Å². The maximum Gasteiger partial charge on any atom is 0.273 e. The molecule has 0 aliphatic heterocycles. The van der Waals surface area contributed by atoms with Crippen molar-refractivity contribution in [3.05, 3.63) is 35.9 Å². The molecule has 1 aromatic carbocycles. The first-order valence-electron chi connectivity index (χ1n) is 3.94. The Morgan fingerprint density at radius 3 is 2.36 bits per heavy atom. The summed E-state index contributed by atoms with van der Waals surface area (Å²) in [4.78, 5) is 0. The van der Waals surface area contributed by atoms with Crippen molar-refractivity contribution in [1.82, 2.24) is 0 Å². The van der Waals surface area contributed by atoms with Gasteiger partial charge in [0.15, 0.2) is 0 Å². The summed E-state index contributed by atoms with van der Waals surface area (Å²) in [6, 6.07) is 9.91. The molecule has 14 heavy (non-hydrogen) atoms. The van der Waals surface area contributed by atoms with Crippen molar-refractivity contribution < 1.29 is 13.0 Å². The van der Waals surface area contributed by atoms with E-state index in [0.29, 0.717) is 5.56 Å². The van der Waals surface area contributed by atoms with Crippen molar-refractivity contribution in [2.24, 2.45) is 0 Å². The van der Waals surface area contributed by atoms with Crippen molar-refractivity contribution in [2.45, 2.75) is 11.7 Å². The third-order valence-electron chi connectivity index (χ3n) is 1.81. The molecule has 0 fully saturated rings. The quantitative estimate of drug-likeness (QED) is 0.769.